The molecule has 1 N–H and O–H groups in total. The predicted molar refractivity (Wildman–Crippen MR) is 123 cm³/mol. The molecule has 31 heavy (non-hydrogen) atoms. The van der Waals surface area contributed by atoms with Crippen LogP contribution in [0.3, 0.4) is 0 Å². The van der Waals surface area contributed by atoms with Crippen LogP contribution in [0.15, 0.2) is 48.5 Å². The first kappa shape index (κ1) is 21.1. The maximum atomic E-state index is 12.7. The fraction of sp³-hybridized carbons (Fsp3) is 0.273. The van der Waals surface area contributed by atoms with Gasteiger partial charge in [-0.1, -0.05) is 29.8 Å². The van der Waals surface area contributed by atoms with Gasteiger partial charge in [-0.15, -0.1) is 0 Å². The Hall–Kier alpha value is -3.15. The molecule has 2 heterocycles. The topological polar surface area (TPSA) is 85.2 Å². The third-order valence-electron chi connectivity index (χ3n) is 5.13. The normalized spacial score (nSPS) is 16.1. The van der Waals surface area contributed by atoms with Crippen LogP contribution in [0.25, 0.3) is 0 Å². The Morgan fingerprint density at radius 1 is 1.29 bits per heavy atom. The van der Waals surface area contributed by atoms with E-state index in [2.05, 4.69) is 20.7 Å². The standard InChI is InChI=1S/C22H21ClN6OS/c1-15-14-28(22-26-20(27-31-22)12-16-5-7-18(23)8-6-16)9-10-29(15)21(30)25-19-4-2-3-17(11-19)13-24/h2-8,11,15H,9-10,12,14H2,1H3,(H,25,30). The molecule has 0 bridgehead atoms. The number of hydrogen-bond acceptors (Lipinski definition) is 6. The number of rotatable bonds is 4. The van der Waals surface area contributed by atoms with Gasteiger partial charge in [-0.2, -0.15) is 9.64 Å². The van der Waals surface area contributed by atoms with Crippen molar-refractivity contribution in [3.63, 3.8) is 0 Å². The van der Waals surface area contributed by atoms with Crippen molar-refractivity contribution in [2.24, 2.45) is 0 Å². The molecule has 7 nitrogen and oxygen atoms in total. The second-order valence-corrected chi connectivity index (χ2v) is 8.57. The molecule has 1 aromatic heterocycles. The van der Waals surface area contributed by atoms with Crippen LogP contribution in [-0.2, 0) is 6.42 Å². The molecule has 0 aliphatic carbocycles. The summed E-state index contributed by atoms with van der Waals surface area (Å²) >= 11 is 7.33. The number of carbonyl (C=O) groups excluding carboxylic acids is 1. The highest BCUT2D eigenvalue weighted by molar-refractivity contribution is 7.09. The molecular weight excluding hydrogens is 432 g/mol. The van der Waals surface area contributed by atoms with Crippen molar-refractivity contribution in [1.29, 1.82) is 5.26 Å². The lowest BCUT2D eigenvalue weighted by atomic mass is 10.1. The van der Waals surface area contributed by atoms with Crippen molar-refractivity contribution in [1.82, 2.24) is 14.3 Å². The lowest BCUT2D eigenvalue weighted by molar-refractivity contribution is 0.185. The van der Waals surface area contributed by atoms with Gasteiger partial charge in [0.2, 0.25) is 5.13 Å². The van der Waals surface area contributed by atoms with E-state index in [9.17, 15) is 4.79 Å². The first-order valence-corrected chi connectivity index (χ1v) is 11.1. The van der Waals surface area contributed by atoms with Gasteiger partial charge in [-0.05, 0) is 42.8 Å². The summed E-state index contributed by atoms with van der Waals surface area (Å²) in [6.07, 6.45) is 0.660. The molecule has 0 saturated carbocycles. The molecule has 1 fully saturated rings. The molecule has 1 unspecified atom stereocenters. The molecule has 1 saturated heterocycles. The highest BCUT2D eigenvalue weighted by Gasteiger charge is 2.29. The Morgan fingerprint density at radius 2 is 2.10 bits per heavy atom. The summed E-state index contributed by atoms with van der Waals surface area (Å²) in [6.45, 7) is 3.97. The lowest BCUT2D eigenvalue weighted by Crippen LogP contribution is -2.55. The van der Waals surface area contributed by atoms with Crippen LogP contribution in [0.1, 0.15) is 23.9 Å². The minimum absolute atomic E-state index is 0.0107. The highest BCUT2D eigenvalue weighted by atomic mass is 35.5. The third kappa shape index (κ3) is 5.13. The van der Waals surface area contributed by atoms with Crippen LogP contribution in [0.2, 0.25) is 5.02 Å². The van der Waals surface area contributed by atoms with Crippen molar-refractivity contribution in [3.8, 4) is 6.07 Å². The van der Waals surface area contributed by atoms with Gasteiger partial charge in [0.15, 0.2) is 0 Å². The van der Waals surface area contributed by atoms with Gasteiger partial charge in [0.25, 0.3) is 0 Å². The van der Waals surface area contributed by atoms with E-state index in [1.54, 1.807) is 24.3 Å². The van der Waals surface area contributed by atoms with Crippen LogP contribution in [0, 0.1) is 11.3 Å². The summed E-state index contributed by atoms with van der Waals surface area (Å²) in [7, 11) is 0. The average Bonchev–Trinajstić information content (AvgIpc) is 3.24. The molecule has 3 aromatic rings. The van der Waals surface area contributed by atoms with E-state index in [4.69, 9.17) is 21.8 Å². The maximum absolute atomic E-state index is 12.7. The molecule has 0 spiro atoms. The number of carbonyl (C=O) groups is 1. The number of nitriles is 1. The van der Waals surface area contributed by atoms with Crippen LogP contribution < -0.4 is 10.2 Å². The zero-order chi connectivity index (χ0) is 21.8. The summed E-state index contributed by atoms with van der Waals surface area (Å²) in [4.78, 5) is 21.4. The number of halogens is 1. The average molecular weight is 453 g/mol. The number of nitrogens with zero attached hydrogens (tertiary/aromatic N) is 5. The third-order valence-corrected chi connectivity index (χ3v) is 6.20. The summed E-state index contributed by atoms with van der Waals surface area (Å²) in [5, 5.41) is 13.5. The quantitative estimate of drug-likeness (QED) is 0.634. The molecule has 4 rings (SSSR count). The zero-order valence-electron chi connectivity index (χ0n) is 17.0. The molecule has 1 aliphatic heterocycles. The molecule has 158 valence electrons. The highest BCUT2D eigenvalue weighted by Crippen LogP contribution is 2.23. The summed E-state index contributed by atoms with van der Waals surface area (Å²) < 4.78 is 4.50. The first-order chi connectivity index (χ1) is 15.0. The van der Waals surface area contributed by atoms with E-state index >= 15 is 0 Å². The van der Waals surface area contributed by atoms with E-state index in [0.29, 0.717) is 42.3 Å². The van der Waals surface area contributed by atoms with Crippen molar-refractivity contribution in [3.05, 3.63) is 70.5 Å². The van der Waals surface area contributed by atoms with Crippen LogP contribution in [-0.4, -0.2) is 46.0 Å². The van der Waals surface area contributed by atoms with E-state index in [1.165, 1.54) is 11.5 Å². The number of nitrogens with one attached hydrogen (secondary N) is 1. The summed E-state index contributed by atoms with van der Waals surface area (Å²) in [6, 6.07) is 16.5. The molecule has 1 atom stereocenters. The van der Waals surface area contributed by atoms with E-state index < -0.39 is 0 Å². The summed E-state index contributed by atoms with van der Waals surface area (Å²) in [5.74, 6) is 0.785. The van der Waals surface area contributed by atoms with Crippen LogP contribution in [0.5, 0.6) is 0 Å². The van der Waals surface area contributed by atoms with Crippen molar-refractivity contribution < 1.29 is 4.79 Å². The minimum Gasteiger partial charge on any atom is -0.343 e. The lowest BCUT2D eigenvalue weighted by Gasteiger charge is -2.39. The smallest absolute Gasteiger partial charge is 0.322 e. The number of hydrogen-bond donors (Lipinski definition) is 1. The zero-order valence-corrected chi connectivity index (χ0v) is 18.5. The Balaban J connectivity index is 1.35. The van der Waals surface area contributed by atoms with Gasteiger partial charge in [0.05, 0.1) is 11.6 Å². The molecule has 2 amide bonds. The second-order valence-electron chi connectivity index (χ2n) is 7.41. The number of piperazine rings is 1. The van der Waals surface area contributed by atoms with E-state index in [0.717, 1.165) is 16.5 Å². The van der Waals surface area contributed by atoms with E-state index in [-0.39, 0.29) is 12.1 Å². The summed E-state index contributed by atoms with van der Waals surface area (Å²) in [5.41, 5.74) is 2.25. The van der Waals surface area contributed by atoms with Crippen LogP contribution >= 0.6 is 23.1 Å². The number of urea groups is 1. The van der Waals surface area contributed by atoms with E-state index in [1.807, 2.05) is 36.1 Å². The Bertz CT molecular complexity index is 1110. The Morgan fingerprint density at radius 3 is 2.84 bits per heavy atom. The first-order valence-electron chi connectivity index (χ1n) is 9.91. The number of benzene rings is 2. The molecule has 0 radical (unpaired) electrons. The van der Waals surface area contributed by atoms with Gasteiger partial charge < -0.3 is 15.1 Å². The molecule has 9 heteroatoms. The maximum Gasteiger partial charge on any atom is 0.322 e. The monoisotopic (exact) mass is 452 g/mol. The molecule has 1 aliphatic rings. The van der Waals surface area contributed by atoms with Gasteiger partial charge in [-0.25, -0.2) is 9.78 Å². The van der Waals surface area contributed by atoms with Gasteiger partial charge in [0, 0.05) is 54.3 Å². The largest absolute Gasteiger partial charge is 0.343 e. The van der Waals surface area contributed by atoms with Gasteiger partial charge in [0.1, 0.15) is 5.82 Å². The number of amides is 2. The Labute approximate surface area is 190 Å². The van der Waals surface area contributed by atoms with Gasteiger partial charge >= 0.3 is 6.03 Å². The molecule has 2 aromatic carbocycles. The SMILES string of the molecule is CC1CN(c2nc(Cc3ccc(Cl)cc3)ns2)CCN1C(=O)Nc1cccc(C#N)c1. The van der Waals surface area contributed by atoms with Crippen molar-refractivity contribution in [2.75, 3.05) is 29.9 Å². The number of aromatic nitrogens is 2. The fourth-order valence-electron chi connectivity index (χ4n) is 3.52. The second kappa shape index (κ2) is 9.33. The van der Waals surface area contributed by atoms with Crippen molar-refractivity contribution in [2.45, 2.75) is 19.4 Å². The van der Waals surface area contributed by atoms with Crippen LogP contribution in [0.4, 0.5) is 15.6 Å². The number of anilines is 2. The Kier molecular flexibility index (Phi) is 6.35. The molecular formula is C22H21ClN6OS. The van der Waals surface area contributed by atoms with Crippen molar-refractivity contribution >= 4 is 40.0 Å². The van der Waals surface area contributed by atoms with Gasteiger partial charge in [-0.3, -0.25) is 0 Å². The predicted octanol–water partition coefficient (Wildman–Crippen LogP) is 4.40. The fourth-order valence-corrected chi connectivity index (χ4v) is 4.37. The minimum atomic E-state index is -0.164.